The lowest BCUT2D eigenvalue weighted by molar-refractivity contribution is 0.0871. The second kappa shape index (κ2) is 7.08. The summed E-state index contributed by atoms with van der Waals surface area (Å²) in [7, 11) is 0. The molecular formula is C19H23ClN2O2. The van der Waals surface area contributed by atoms with E-state index in [0.29, 0.717) is 29.7 Å². The fraction of sp³-hybridized carbons (Fsp3) is 0.474. The van der Waals surface area contributed by atoms with E-state index in [0.717, 1.165) is 41.8 Å². The minimum absolute atomic E-state index is 0.137. The van der Waals surface area contributed by atoms with Crippen LogP contribution < -0.4 is 0 Å². The summed E-state index contributed by atoms with van der Waals surface area (Å²) in [5, 5.41) is 4.97. The first kappa shape index (κ1) is 17.2. The second-order valence-electron chi connectivity index (χ2n) is 6.01. The molecule has 1 fully saturated rings. The van der Waals surface area contributed by atoms with Gasteiger partial charge in [-0.25, -0.2) is 0 Å². The van der Waals surface area contributed by atoms with E-state index in [1.807, 2.05) is 32.9 Å². The summed E-state index contributed by atoms with van der Waals surface area (Å²) in [6, 6.07) is 5.70. The number of aromatic nitrogens is 2. The Bertz CT molecular complexity index is 763. The Kier molecular flexibility index (Phi) is 5.07. The van der Waals surface area contributed by atoms with Crippen LogP contribution in [0, 0.1) is 6.92 Å². The largest absolute Gasteiger partial charge is 0.375 e. The van der Waals surface area contributed by atoms with Gasteiger partial charge in [-0.2, -0.15) is 9.78 Å². The lowest BCUT2D eigenvalue weighted by atomic mass is 10.0. The van der Waals surface area contributed by atoms with Crippen molar-refractivity contribution in [2.45, 2.75) is 52.6 Å². The average molecular weight is 347 g/mol. The van der Waals surface area contributed by atoms with E-state index in [4.69, 9.17) is 16.3 Å². The predicted molar refractivity (Wildman–Crippen MR) is 94.8 cm³/mol. The topological polar surface area (TPSA) is 44.1 Å². The maximum absolute atomic E-state index is 13.1. The number of hydrogen-bond acceptors (Lipinski definition) is 3. The van der Waals surface area contributed by atoms with Crippen LogP contribution >= 0.6 is 11.6 Å². The molecule has 5 heteroatoms. The highest BCUT2D eigenvalue weighted by molar-refractivity contribution is 6.34. The molecule has 0 bridgehead atoms. The number of benzene rings is 1. The highest BCUT2D eigenvalue weighted by Crippen LogP contribution is 2.43. The molecule has 4 nitrogen and oxygen atoms in total. The molecule has 1 aliphatic heterocycles. The molecule has 0 N–H and O–H groups in total. The number of fused-ring (bicyclic) bond motifs is 1. The van der Waals surface area contributed by atoms with E-state index in [-0.39, 0.29) is 5.91 Å². The molecule has 0 unspecified atom stereocenters. The summed E-state index contributed by atoms with van der Waals surface area (Å²) in [4.78, 5) is 13.1. The van der Waals surface area contributed by atoms with Crippen molar-refractivity contribution in [3.63, 3.8) is 0 Å². The molecule has 128 valence electrons. The predicted octanol–water partition coefficient (Wildman–Crippen LogP) is 4.51. The van der Waals surface area contributed by atoms with Crippen molar-refractivity contribution in [1.29, 1.82) is 0 Å². The van der Waals surface area contributed by atoms with Gasteiger partial charge < -0.3 is 4.74 Å². The van der Waals surface area contributed by atoms with Crippen LogP contribution in [0.2, 0.25) is 5.02 Å². The van der Waals surface area contributed by atoms with Crippen LogP contribution in [0.4, 0.5) is 0 Å². The van der Waals surface area contributed by atoms with Crippen LogP contribution in [0.5, 0.6) is 0 Å². The fourth-order valence-corrected chi connectivity index (χ4v) is 3.46. The van der Waals surface area contributed by atoms with E-state index in [1.165, 1.54) is 4.68 Å². The van der Waals surface area contributed by atoms with Gasteiger partial charge in [-0.1, -0.05) is 37.6 Å². The van der Waals surface area contributed by atoms with Crippen molar-refractivity contribution in [1.82, 2.24) is 9.78 Å². The summed E-state index contributed by atoms with van der Waals surface area (Å²) in [6.07, 6.45) is 3.06. The third-order valence-electron chi connectivity index (χ3n) is 4.50. The van der Waals surface area contributed by atoms with Gasteiger partial charge in [0.25, 0.3) is 5.91 Å². The number of ether oxygens (including phenoxy) is 1. The molecule has 1 aromatic heterocycles. The lowest BCUT2D eigenvalue weighted by Gasteiger charge is -2.15. The van der Waals surface area contributed by atoms with Crippen molar-refractivity contribution in [3.8, 4) is 0 Å². The standard InChI is InChI=1S/C17H17ClN2O2.C2H6/c1-10-12-7-8-22-9-15(12)20(19-10)17(21)16-13(11-5-6-11)3-2-4-14(16)18;1-2/h2-4,11H,5-9H2,1H3;1-2H3. The van der Waals surface area contributed by atoms with Crippen molar-refractivity contribution in [2.24, 2.45) is 0 Å². The van der Waals surface area contributed by atoms with Gasteiger partial charge in [-0.05, 0) is 43.7 Å². The number of carbonyl (C=O) groups excluding carboxylic acids is 1. The zero-order chi connectivity index (χ0) is 17.3. The van der Waals surface area contributed by atoms with Gasteiger partial charge in [-0.3, -0.25) is 4.79 Å². The third kappa shape index (κ3) is 3.01. The number of hydrogen-bond donors (Lipinski definition) is 0. The Morgan fingerprint density at radius 3 is 2.79 bits per heavy atom. The molecular weight excluding hydrogens is 324 g/mol. The Hall–Kier alpha value is -1.65. The van der Waals surface area contributed by atoms with Crippen molar-refractivity contribution in [2.75, 3.05) is 6.61 Å². The SMILES string of the molecule is CC.Cc1nn(C(=O)c2c(Cl)cccc2C2CC2)c2c1CCOC2. The minimum Gasteiger partial charge on any atom is -0.375 e. The zero-order valence-electron chi connectivity index (χ0n) is 14.4. The summed E-state index contributed by atoms with van der Waals surface area (Å²) < 4.78 is 7.01. The molecule has 1 aromatic carbocycles. The van der Waals surface area contributed by atoms with E-state index in [1.54, 1.807) is 6.07 Å². The first-order valence-corrected chi connectivity index (χ1v) is 9.03. The third-order valence-corrected chi connectivity index (χ3v) is 4.81. The smallest absolute Gasteiger partial charge is 0.280 e. The molecule has 0 saturated heterocycles. The van der Waals surface area contributed by atoms with Gasteiger partial charge >= 0.3 is 0 Å². The van der Waals surface area contributed by atoms with Gasteiger partial charge in [0.05, 0.1) is 35.2 Å². The van der Waals surface area contributed by atoms with Crippen LogP contribution in [0.1, 0.15) is 65.5 Å². The number of carbonyl (C=O) groups is 1. The highest BCUT2D eigenvalue weighted by Gasteiger charge is 2.31. The molecule has 1 aliphatic carbocycles. The molecule has 2 aliphatic rings. The molecule has 2 heterocycles. The van der Waals surface area contributed by atoms with Gasteiger partial charge in [0.1, 0.15) is 0 Å². The lowest BCUT2D eigenvalue weighted by Crippen LogP contribution is -2.21. The Morgan fingerprint density at radius 2 is 2.08 bits per heavy atom. The summed E-state index contributed by atoms with van der Waals surface area (Å²) in [6.45, 7) is 7.07. The summed E-state index contributed by atoms with van der Waals surface area (Å²) in [5.41, 5.74) is 4.57. The van der Waals surface area contributed by atoms with Crippen molar-refractivity contribution < 1.29 is 9.53 Å². The number of aryl methyl sites for hydroxylation is 1. The normalized spacial score (nSPS) is 16.2. The summed E-state index contributed by atoms with van der Waals surface area (Å²) >= 11 is 6.34. The second-order valence-corrected chi connectivity index (χ2v) is 6.42. The molecule has 0 spiro atoms. The molecule has 4 rings (SSSR count). The molecule has 1 saturated carbocycles. The van der Waals surface area contributed by atoms with Crippen LogP contribution in [0.25, 0.3) is 0 Å². The van der Waals surface area contributed by atoms with Crippen LogP contribution in [0.3, 0.4) is 0 Å². The van der Waals surface area contributed by atoms with E-state index < -0.39 is 0 Å². The van der Waals surface area contributed by atoms with Gasteiger partial charge in [0.2, 0.25) is 0 Å². The van der Waals surface area contributed by atoms with Crippen LogP contribution in [0.15, 0.2) is 18.2 Å². The average Bonchev–Trinajstić information content (AvgIpc) is 3.40. The molecule has 24 heavy (non-hydrogen) atoms. The minimum atomic E-state index is -0.137. The molecule has 0 radical (unpaired) electrons. The Balaban J connectivity index is 0.000000815. The zero-order valence-corrected chi connectivity index (χ0v) is 15.2. The Labute approximate surface area is 147 Å². The van der Waals surface area contributed by atoms with Gasteiger partial charge in [0.15, 0.2) is 0 Å². The number of rotatable bonds is 2. The quantitative estimate of drug-likeness (QED) is 0.803. The Morgan fingerprint density at radius 1 is 1.33 bits per heavy atom. The van der Waals surface area contributed by atoms with Gasteiger partial charge in [0, 0.05) is 5.56 Å². The first-order valence-electron chi connectivity index (χ1n) is 8.65. The maximum Gasteiger partial charge on any atom is 0.280 e. The van der Waals surface area contributed by atoms with E-state index in [9.17, 15) is 4.79 Å². The van der Waals surface area contributed by atoms with E-state index >= 15 is 0 Å². The van der Waals surface area contributed by atoms with Crippen molar-refractivity contribution >= 4 is 17.5 Å². The molecule has 0 amide bonds. The fourth-order valence-electron chi connectivity index (χ4n) is 3.20. The maximum atomic E-state index is 13.1. The highest BCUT2D eigenvalue weighted by atomic mass is 35.5. The number of halogens is 1. The summed E-state index contributed by atoms with van der Waals surface area (Å²) in [5.74, 6) is 0.323. The van der Waals surface area contributed by atoms with E-state index in [2.05, 4.69) is 5.10 Å². The molecule has 2 aromatic rings. The number of nitrogens with zero attached hydrogens (tertiary/aromatic N) is 2. The van der Waals surface area contributed by atoms with Crippen molar-refractivity contribution in [3.05, 3.63) is 51.3 Å². The first-order chi connectivity index (χ1) is 11.7. The van der Waals surface area contributed by atoms with Crippen LogP contribution in [-0.2, 0) is 17.8 Å². The van der Waals surface area contributed by atoms with Crippen LogP contribution in [-0.4, -0.2) is 22.3 Å². The van der Waals surface area contributed by atoms with Gasteiger partial charge in [-0.15, -0.1) is 0 Å². The monoisotopic (exact) mass is 346 g/mol. The molecule has 0 atom stereocenters.